The summed E-state index contributed by atoms with van der Waals surface area (Å²) in [5.74, 6) is 0.123. The zero-order valence-electron chi connectivity index (χ0n) is 14.1. The Morgan fingerprint density at radius 3 is 1.62 bits per heavy atom. The molecule has 4 aromatic carbocycles. The first-order chi connectivity index (χ1) is 12.8. The van der Waals surface area contributed by atoms with Gasteiger partial charge in [-0.2, -0.15) is 0 Å². The van der Waals surface area contributed by atoms with Gasteiger partial charge in [-0.25, -0.2) is 0 Å². The van der Waals surface area contributed by atoms with Crippen LogP contribution in [0.15, 0.2) is 97.1 Å². The van der Waals surface area contributed by atoms with Gasteiger partial charge < -0.3 is 0 Å². The molecule has 0 spiro atoms. The number of carbonyl (C=O) groups is 1. The number of hydrogen-bond donors (Lipinski definition) is 0. The summed E-state index contributed by atoms with van der Waals surface area (Å²) in [4.78, 5) is 12.7. The van der Waals surface area contributed by atoms with Gasteiger partial charge in [0.05, 0.1) is 0 Å². The van der Waals surface area contributed by atoms with Gasteiger partial charge in [-0.05, 0) is 39.4 Å². The van der Waals surface area contributed by atoms with Crippen LogP contribution < -0.4 is 0 Å². The fourth-order valence-corrected chi connectivity index (χ4v) is 3.69. The van der Waals surface area contributed by atoms with Crippen molar-refractivity contribution in [3.8, 4) is 33.4 Å². The van der Waals surface area contributed by atoms with Gasteiger partial charge in [0.1, 0.15) is 0 Å². The topological polar surface area (TPSA) is 17.1 Å². The second-order valence-corrected chi connectivity index (χ2v) is 6.58. The molecule has 0 N–H and O–H groups in total. The van der Waals surface area contributed by atoms with Crippen LogP contribution in [0.2, 0.25) is 0 Å². The van der Waals surface area contributed by atoms with Crippen molar-refractivity contribution in [2.75, 3.05) is 0 Å². The molecule has 1 aliphatic rings. The summed E-state index contributed by atoms with van der Waals surface area (Å²) in [6.07, 6.45) is 0. The molecule has 26 heavy (non-hydrogen) atoms. The van der Waals surface area contributed by atoms with E-state index in [-0.39, 0.29) is 5.78 Å². The molecular formula is C25H16O. The largest absolute Gasteiger partial charge is 0.289 e. The number of rotatable bonds is 2. The summed E-state index contributed by atoms with van der Waals surface area (Å²) in [6.45, 7) is 0. The highest BCUT2D eigenvalue weighted by Crippen LogP contribution is 2.38. The Kier molecular flexibility index (Phi) is 3.32. The average molecular weight is 332 g/mol. The third-order valence-corrected chi connectivity index (χ3v) is 5.05. The van der Waals surface area contributed by atoms with Gasteiger partial charge in [0.25, 0.3) is 0 Å². The maximum absolute atomic E-state index is 12.7. The molecule has 5 rings (SSSR count). The van der Waals surface area contributed by atoms with Gasteiger partial charge in [0, 0.05) is 11.1 Å². The summed E-state index contributed by atoms with van der Waals surface area (Å²) in [7, 11) is 0. The second kappa shape index (κ2) is 5.82. The van der Waals surface area contributed by atoms with Crippen LogP contribution >= 0.6 is 0 Å². The standard InChI is InChI=1S/C25H16O/c26-25-23-9-5-4-8-21(23)22-15-14-20(16-24(22)25)19-12-10-18(11-13-19)17-6-2-1-3-7-17/h1-16H. The smallest absolute Gasteiger partial charge is 0.194 e. The average Bonchev–Trinajstić information content (AvgIpc) is 3.01. The van der Waals surface area contributed by atoms with E-state index in [2.05, 4.69) is 48.5 Å². The van der Waals surface area contributed by atoms with Crippen LogP contribution in [0.25, 0.3) is 33.4 Å². The van der Waals surface area contributed by atoms with Crippen molar-refractivity contribution in [2.45, 2.75) is 0 Å². The van der Waals surface area contributed by atoms with Crippen LogP contribution in [0.5, 0.6) is 0 Å². The molecule has 0 radical (unpaired) electrons. The van der Waals surface area contributed by atoms with Gasteiger partial charge >= 0.3 is 0 Å². The van der Waals surface area contributed by atoms with Crippen molar-refractivity contribution in [3.63, 3.8) is 0 Å². The SMILES string of the molecule is O=C1c2ccccc2-c2ccc(-c3ccc(-c4ccccc4)cc3)cc21. The number of fused-ring (bicyclic) bond motifs is 3. The maximum Gasteiger partial charge on any atom is 0.194 e. The van der Waals surface area contributed by atoms with Crippen molar-refractivity contribution >= 4 is 5.78 Å². The lowest BCUT2D eigenvalue weighted by Gasteiger charge is -2.07. The normalized spacial score (nSPS) is 11.9. The quantitative estimate of drug-likeness (QED) is 0.374. The molecule has 0 aromatic heterocycles. The zero-order valence-corrected chi connectivity index (χ0v) is 14.1. The third kappa shape index (κ3) is 2.29. The lowest BCUT2D eigenvalue weighted by Crippen LogP contribution is -1.95. The Hall–Kier alpha value is -3.45. The molecule has 0 amide bonds. The minimum Gasteiger partial charge on any atom is -0.289 e. The monoisotopic (exact) mass is 332 g/mol. The fraction of sp³-hybridized carbons (Fsp3) is 0. The van der Waals surface area contributed by atoms with E-state index in [1.54, 1.807) is 0 Å². The molecule has 0 saturated heterocycles. The molecule has 0 unspecified atom stereocenters. The van der Waals surface area contributed by atoms with Crippen molar-refractivity contribution in [1.29, 1.82) is 0 Å². The van der Waals surface area contributed by atoms with E-state index in [1.165, 1.54) is 11.1 Å². The predicted octanol–water partition coefficient (Wildman–Crippen LogP) is 6.23. The molecule has 0 saturated carbocycles. The highest BCUT2D eigenvalue weighted by atomic mass is 16.1. The Morgan fingerprint density at radius 2 is 0.885 bits per heavy atom. The van der Waals surface area contributed by atoms with Crippen LogP contribution in [0.1, 0.15) is 15.9 Å². The van der Waals surface area contributed by atoms with Crippen molar-refractivity contribution in [3.05, 3.63) is 108 Å². The molecule has 0 fully saturated rings. The Bertz CT molecular complexity index is 1120. The summed E-state index contributed by atoms with van der Waals surface area (Å²) in [5, 5.41) is 0. The first-order valence-corrected chi connectivity index (χ1v) is 8.75. The van der Waals surface area contributed by atoms with Gasteiger partial charge in [0.15, 0.2) is 5.78 Å². The zero-order chi connectivity index (χ0) is 17.5. The molecule has 0 atom stereocenters. The van der Waals surface area contributed by atoms with Gasteiger partial charge in [-0.3, -0.25) is 4.79 Å². The van der Waals surface area contributed by atoms with E-state index in [1.807, 2.05) is 48.5 Å². The number of ketones is 1. The van der Waals surface area contributed by atoms with E-state index < -0.39 is 0 Å². The molecule has 0 bridgehead atoms. The molecule has 0 heterocycles. The first kappa shape index (κ1) is 14.9. The van der Waals surface area contributed by atoms with Crippen LogP contribution in [-0.2, 0) is 0 Å². The molecular weight excluding hydrogens is 316 g/mol. The minimum absolute atomic E-state index is 0.123. The van der Waals surface area contributed by atoms with Gasteiger partial charge in [-0.15, -0.1) is 0 Å². The molecule has 1 aliphatic carbocycles. The Morgan fingerprint density at radius 1 is 0.385 bits per heavy atom. The first-order valence-electron chi connectivity index (χ1n) is 8.75. The molecule has 0 aliphatic heterocycles. The fourth-order valence-electron chi connectivity index (χ4n) is 3.69. The van der Waals surface area contributed by atoms with Gasteiger partial charge in [0.2, 0.25) is 0 Å². The summed E-state index contributed by atoms with van der Waals surface area (Å²) in [6, 6.07) is 32.9. The summed E-state index contributed by atoms with van der Waals surface area (Å²) in [5.41, 5.74) is 8.28. The van der Waals surface area contributed by atoms with Crippen molar-refractivity contribution in [1.82, 2.24) is 0 Å². The summed E-state index contributed by atoms with van der Waals surface area (Å²) >= 11 is 0. The molecule has 1 heteroatoms. The summed E-state index contributed by atoms with van der Waals surface area (Å²) < 4.78 is 0. The van der Waals surface area contributed by atoms with Crippen LogP contribution in [0.3, 0.4) is 0 Å². The highest BCUT2D eigenvalue weighted by Gasteiger charge is 2.26. The molecule has 122 valence electrons. The Labute approximate surface area is 152 Å². The highest BCUT2D eigenvalue weighted by molar-refractivity contribution is 6.22. The molecule has 4 aromatic rings. The maximum atomic E-state index is 12.7. The van der Waals surface area contributed by atoms with Gasteiger partial charge in [-0.1, -0.05) is 91.0 Å². The van der Waals surface area contributed by atoms with Crippen molar-refractivity contribution < 1.29 is 4.79 Å². The second-order valence-electron chi connectivity index (χ2n) is 6.58. The lowest BCUT2D eigenvalue weighted by molar-refractivity contribution is 0.104. The number of carbonyl (C=O) groups excluding carboxylic acids is 1. The van der Waals surface area contributed by atoms with Crippen molar-refractivity contribution in [2.24, 2.45) is 0 Å². The van der Waals surface area contributed by atoms with E-state index in [9.17, 15) is 4.79 Å². The third-order valence-electron chi connectivity index (χ3n) is 5.05. The van der Waals surface area contributed by atoms with Crippen LogP contribution in [0.4, 0.5) is 0 Å². The predicted molar refractivity (Wildman–Crippen MR) is 106 cm³/mol. The lowest BCUT2D eigenvalue weighted by atomic mass is 9.97. The van der Waals surface area contributed by atoms with E-state index in [4.69, 9.17) is 0 Å². The van der Waals surface area contributed by atoms with Crippen LogP contribution in [-0.4, -0.2) is 5.78 Å². The van der Waals surface area contributed by atoms with E-state index in [0.717, 1.165) is 33.4 Å². The Balaban J connectivity index is 1.54. The minimum atomic E-state index is 0.123. The van der Waals surface area contributed by atoms with E-state index in [0.29, 0.717) is 0 Å². The number of hydrogen-bond acceptors (Lipinski definition) is 1. The van der Waals surface area contributed by atoms with E-state index >= 15 is 0 Å². The number of benzene rings is 4. The van der Waals surface area contributed by atoms with Crippen LogP contribution in [0, 0.1) is 0 Å². The molecule has 1 nitrogen and oxygen atoms in total.